The summed E-state index contributed by atoms with van der Waals surface area (Å²) in [6, 6.07) is 9.93. The number of methoxy groups -OCH3 is 2. The Bertz CT molecular complexity index is 2870. The Morgan fingerprint density at radius 2 is 1.34 bits per heavy atom. The minimum absolute atomic E-state index is 0.130. The van der Waals surface area contributed by atoms with E-state index in [1.54, 1.807) is 23.6 Å². The smallest absolute Gasteiger partial charge is 0.407 e. The van der Waals surface area contributed by atoms with Crippen molar-refractivity contribution >= 4 is 68.8 Å². The quantitative estimate of drug-likeness (QED) is 0.142. The zero-order valence-electron chi connectivity index (χ0n) is 40.6. The van der Waals surface area contributed by atoms with Gasteiger partial charge in [-0.15, -0.1) is 11.3 Å². The van der Waals surface area contributed by atoms with E-state index in [0.717, 1.165) is 87.4 Å². The molecule has 17 heteroatoms. The molecule has 1 unspecified atom stereocenters. The van der Waals surface area contributed by atoms with Crippen molar-refractivity contribution in [3.8, 4) is 17.0 Å². The van der Waals surface area contributed by atoms with Crippen molar-refractivity contribution < 1.29 is 37.8 Å². The minimum Gasteiger partial charge on any atom is -0.464 e. The number of hydrogen-bond acceptors (Lipinski definition) is 11. The van der Waals surface area contributed by atoms with Crippen molar-refractivity contribution in [1.82, 2.24) is 30.0 Å². The maximum atomic E-state index is 17.0. The fourth-order valence-corrected chi connectivity index (χ4v) is 12.4. The normalized spacial score (nSPS) is 21.8. The number of likely N-dealkylation sites (tertiary alicyclic amines) is 2. The molecule has 4 aromatic rings. The number of nitrogens with one attached hydrogen (secondary N) is 2. The molecule has 0 radical (unpaired) electrons. The summed E-state index contributed by atoms with van der Waals surface area (Å²) in [6.45, 7) is 8.73. The summed E-state index contributed by atoms with van der Waals surface area (Å²) in [5, 5.41) is 7.48. The van der Waals surface area contributed by atoms with Gasteiger partial charge in [0.1, 0.15) is 23.7 Å². The number of rotatable bonds is 12. The van der Waals surface area contributed by atoms with Gasteiger partial charge in [-0.1, -0.05) is 46.6 Å². The molecule has 10 rings (SSSR count). The molecule has 3 fully saturated rings. The van der Waals surface area contributed by atoms with Gasteiger partial charge < -0.3 is 34.6 Å². The highest BCUT2D eigenvalue weighted by atomic mass is 32.1. The van der Waals surface area contributed by atoms with Crippen LogP contribution < -0.4 is 15.4 Å². The first kappa shape index (κ1) is 47.3. The van der Waals surface area contributed by atoms with Gasteiger partial charge in [0, 0.05) is 67.3 Å². The number of thiazole rings is 1. The fourth-order valence-electron chi connectivity index (χ4n) is 11.3. The van der Waals surface area contributed by atoms with Crippen LogP contribution in [0.1, 0.15) is 125 Å². The first-order valence-corrected chi connectivity index (χ1v) is 25.6. The Morgan fingerprint density at radius 1 is 0.757 bits per heavy atom. The summed E-state index contributed by atoms with van der Waals surface area (Å²) in [5.74, 6) is -0.156. The Labute approximate surface area is 411 Å². The zero-order chi connectivity index (χ0) is 49.0. The number of ether oxygens (including phenoxy) is 3. The SMILES string of the molecule is COC(=O)N[C@H](C(=O)N1CCC[C@H]1C1=NC=C(c2cc(F)c3c(c2)OC(c2cnc(C4CCCC4)s2)n2c-3cc3cc(C4=CN=C([C@@H]5CCCN5C(=O)[C@@H](NC(=O)OC)C(C)C)C4)ccc32)C1)C(C)C. The Morgan fingerprint density at radius 3 is 1.91 bits per heavy atom. The third-order valence-electron chi connectivity index (χ3n) is 15.0. The van der Waals surface area contributed by atoms with Gasteiger partial charge in [0.15, 0.2) is 0 Å². The van der Waals surface area contributed by atoms with E-state index in [1.807, 2.05) is 62.0 Å². The number of aromatic nitrogens is 2. The lowest BCUT2D eigenvalue weighted by Gasteiger charge is -2.31. The second-order valence-corrected chi connectivity index (χ2v) is 21.1. The van der Waals surface area contributed by atoms with E-state index in [-0.39, 0.29) is 35.7 Å². The van der Waals surface area contributed by atoms with Gasteiger partial charge in [0.25, 0.3) is 0 Å². The maximum Gasteiger partial charge on any atom is 0.407 e. The first-order chi connectivity index (χ1) is 33.8. The number of allylic oxidation sites excluding steroid dienone is 2. The average Bonchev–Trinajstić information content (AvgIpc) is 4.20. The van der Waals surface area contributed by atoms with Crippen molar-refractivity contribution in [2.24, 2.45) is 21.8 Å². The lowest BCUT2D eigenvalue weighted by Crippen LogP contribution is -2.53. The lowest BCUT2D eigenvalue weighted by molar-refractivity contribution is -0.134. The highest BCUT2D eigenvalue weighted by Gasteiger charge is 2.41. The molecule has 15 nitrogen and oxygen atoms in total. The third kappa shape index (κ3) is 8.78. The number of carbonyl (C=O) groups is 4. The van der Waals surface area contributed by atoms with E-state index in [2.05, 4.69) is 33.4 Å². The van der Waals surface area contributed by atoms with Crippen LogP contribution in [-0.4, -0.2) is 106 Å². The Hall–Kier alpha value is -6.36. The minimum atomic E-state index is -0.742. The summed E-state index contributed by atoms with van der Waals surface area (Å²) in [5.41, 5.74) is 7.21. The summed E-state index contributed by atoms with van der Waals surface area (Å²) in [4.78, 5) is 71.3. The van der Waals surface area contributed by atoms with Crippen molar-refractivity contribution in [3.05, 3.63) is 81.8 Å². The summed E-state index contributed by atoms with van der Waals surface area (Å²) in [6.07, 6.45) is 12.5. The number of carbonyl (C=O) groups excluding carboxylic acids is 4. The van der Waals surface area contributed by atoms with Crippen LogP contribution in [0.4, 0.5) is 14.0 Å². The van der Waals surface area contributed by atoms with Gasteiger partial charge in [0.2, 0.25) is 18.0 Å². The van der Waals surface area contributed by atoms with Crippen LogP contribution in [-0.2, 0) is 19.1 Å². The van der Waals surface area contributed by atoms with Crippen LogP contribution in [0.15, 0.2) is 65.0 Å². The standard InChI is InChI=1S/C53H61FN8O7S/c1-28(2)46(58-52(65)67-5)49(63)60-17-9-13-40(60)37-21-34(25-55-37)31-15-16-39-33(19-31)23-42-45-36(54)20-32(24-43(45)69-51(62(39)42)44-27-57-48(70-44)30-11-7-8-12-30)35-22-38(56-26-35)41-14-10-18-61(41)50(64)47(29(3)4)59-53(66)68-6/h15-16,19-20,23-30,40-41,46-47,51H,7-14,17-18,21-22H2,1-6H3,(H,58,65)(H,59,66)/t40-,41-,46-,47-,51?/m0/s1. The number of nitrogens with zero attached hydrogens (tertiary/aromatic N) is 6. The van der Waals surface area contributed by atoms with Gasteiger partial charge >= 0.3 is 12.2 Å². The number of fused-ring (bicyclic) bond motifs is 5. The summed E-state index contributed by atoms with van der Waals surface area (Å²) < 4.78 is 35.7. The van der Waals surface area contributed by atoms with Crippen LogP contribution in [0.5, 0.6) is 5.75 Å². The predicted molar refractivity (Wildman–Crippen MR) is 267 cm³/mol. The van der Waals surface area contributed by atoms with Crippen LogP contribution in [0.25, 0.3) is 33.3 Å². The molecule has 1 aliphatic carbocycles. The molecule has 70 heavy (non-hydrogen) atoms. The third-order valence-corrected chi connectivity index (χ3v) is 16.2. The molecule has 5 aliphatic heterocycles. The number of benzene rings is 2. The fraction of sp³-hybridized carbons (Fsp3) is 0.491. The van der Waals surface area contributed by atoms with Gasteiger partial charge in [-0.25, -0.2) is 19.0 Å². The molecular formula is C53H61FN8O7S. The van der Waals surface area contributed by atoms with Crippen molar-refractivity contribution in [1.29, 1.82) is 0 Å². The van der Waals surface area contributed by atoms with E-state index >= 15 is 4.39 Å². The molecule has 0 spiro atoms. The molecule has 0 bridgehead atoms. The summed E-state index contributed by atoms with van der Waals surface area (Å²) >= 11 is 1.67. The number of alkyl carbamates (subject to hydrolysis) is 2. The van der Waals surface area contributed by atoms with Crippen LogP contribution in [0, 0.1) is 17.7 Å². The molecule has 5 atom stereocenters. The van der Waals surface area contributed by atoms with E-state index < -0.39 is 36.3 Å². The predicted octanol–water partition coefficient (Wildman–Crippen LogP) is 9.62. The van der Waals surface area contributed by atoms with E-state index in [1.165, 1.54) is 27.1 Å². The number of amides is 4. The lowest BCUT2D eigenvalue weighted by atomic mass is 9.95. The average molecular weight is 973 g/mol. The molecule has 1 saturated carbocycles. The molecule has 2 N–H and O–H groups in total. The monoisotopic (exact) mass is 972 g/mol. The highest BCUT2D eigenvalue weighted by Crippen LogP contribution is 2.49. The van der Waals surface area contributed by atoms with Crippen LogP contribution >= 0.6 is 11.3 Å². The topological polar surface area (TPSA) is 169 Å². The zero-order valence-corrected chi connectivity index (χ0v) is 41.4. The van der Waals surface area contributed by atoms with Gasteiger partial charge in [-0.3, -0.25) is 24.1 Å². The largest absolute Gasteiger partial charge is 0.464 e. The second kappa shape index (κ2) is 19.4. The molecule has 7 heterocycles. The summed E-state index contributed by atoms with van der Waals surface area (Å²) in [7, 11) is 2.57. The van der Waals surface area contributed by atoms with E-state index in [9.17, 15) is 19.2 Å². The number of halogens is 1. The molecule has 368 valence electrons. The van der Waals surface area contributed by atoms with E-state index in [0.29, 0.717) is 54.4 Å². The molecule has 2 aromatic heterocycles. The number of aliphatic imine (C=N–C) groups is 2. The van der Waals surface area contributed by atoms with Gasteiger partial charge in [-0.05, 0) is 103 Å². The van der Waals surface area contributed by atoms with Crippen LogP contribution in [0.2, 0.25) is 0 Å². The molecule has 2 saturated heterocycles. The number of hydrogen-bond donors (Lipinski definition) is 2. The molecule has 2 aromatic carbocycles. The van der Waals surface area contributed by atoms with Crippen LogP contribution in [0.3, 0.4) is 0 Å². The molecule has 6 aliphatic rings. The second-order valence-electron chi connectivity index (χ2n) is 20.1. The maximum absolute atomic E-state index is 17.0. The molecule has 4 amide bonds. The van der Waals surface area contributed by atoms with Gasteiger partial charge in [0.05, 0.1) is 53.0 Å². The van der Waals surface area contributed by atoms with Crippen molar-refractivity contribution in [2.75, 3.05) is 27.3 Å². The Balaban J connectivity index is 0.924. The highest BCUT2D eigenvalue weighted by molar-refractivity contribution is 7.11. The first-order valence-electron chi connectivity index (χ1n) is 24.7. The molecular weight excluding hydrogens is 912 g/mol. The van der Waals surface area contributed by atoms with Crippen molar-refractivity contribution in [3.63, 3.8) is 0 Å². The Kier molecular flexibility index (Phi) is 13.1. The van der Waals surface area contributed by atoms with Crippen molar-refractivity contribution in [2.45, 2.75) is 128 Å². The van der Waals surface area contributed by atoms with Gasteiger partial charge in [-0.2, -0.15) is 0 Å². The van der Waals surface area contributed by atoms with E-state index in [4.69, 9.17) is 29.2 Å².